The Morgan fingerprint density at radius 1 is 1.30 bits per heavy atom. The van der Waals surface area contributed by atoms with Crippen LogP contribution in [0.2, 0.25) is 0 Å². The number of quaternary nitrogens is 1. The number of sulfonamides is 1. The molecule has 1 aromatic rings. The molecule has 0 bridgehead atoms. The van der Waals surface area contributed by atoms with Crippen LogP contribution in [-0.4, -0.2) is 26.3 Å². The number of anilines is 1. The van der Waals surface area contributed by atoms with Crippen molar-refractivity contribution in [3.63, 3.8) is 0 Å². The van der Waals surface area contributed by atoms with E-state index < -0.39 is 10.0 Å². The van der Waals surface area contributed by atoms with E-state index in [1.807, 2.05) is 0 Å². The van der Waals surface area contributed by atoms with E-state index in [-0.39, 0.29) is 24.6 Å². The van der Waals surface area contributed by atoms with Gasteiger partial charge in [0.25, 0.3) is 0 Å². The van der Waals surface area contributed by atoms with Crippen LogP contribution in [0.5, 0.6) is 0 Å². The van der Waals surface area contributed by atoms with Gasteiger partial charge in [0.2, 0.25) is 15.9 Å². The molecule has 0 amide bonds. The molecule has 1 heterocycles. The number of hydrogen-bond acceptors (Lipinski definition) is 4. The molecule has 1 aliphatic heterocycles. The van der Waals surface area contributed by atoms with Gasteiger partial charge in [-0.1, -0.05) is 0 Å². The minimum Gasteiger partial charge on any atom is -1.00 e. The van der Waals surface area contributed by atoms with Crippen LogP contribution < -0.4 is 22.4 Å². The van der Waals surface area contributed by atoms with E-state index in [0.717, 1.165) is 12.1 Å². The van der Waals surface area contributed by atoms with Crippen molar-refractivity contribution in [2.45, 2.75) is 6.42 Å². The first-order valence-corrected chi connectivity index (χ1v) is 7.51. The summed E-state index contributed by atoms with van der Waals surface area (Å²) >= 11 is 0. The van der Waals surface area contributed by atoms with Gasteiger partial charge in [0.15, 0.2) is 5.78 Å². The highest BCUT2D eigenvalue weighted by molar-refractivity contribution is 7.92. The molecule has 8 heteroatoms. The highest BCUT2D eigenvalue weighted by atomic mass is 35.5. The smallest absolute Gasteiger partial charge is 0.229 e. The third-order valence-electron chi connectivity index (χ3n) is 2.47. The van der Waals surface area contributed by atoms with Gasteiger partial charge in [-0.25, -0.2) is 13.4 Å². The Morgan fingerprint density at radius 2 is 1.95 bits per heavy atom. The summed E-state index contributed by atoms with van der Waals surface area (Å²) in [5.74, 6) is 0.674. The van der Waals surface area contributed by atoms with E-state index in [4.69, 9.17) is 0 Å². The van der Waals surface area contributed by atoms with E-state index >= 15 is 0 Å². The van der Waals surface area contributed by atoms with Crippen molar-refractivity contribution in [2.75, 3.05) is 11.0 Å². The van der Waals surface area contributed by atoms with Crippen molar-refractivity contribution in [1.29, 1.82) is 0 Å². The molecule has 0 atom stereocenters. The fraction of sp³-hybridized carbons (Fsp3) is 0.167. The molecule has 0 unspecified atom stereocenters. The van der Waals surface area contributed by atoms with Crippen LogP contribution in [0.3, 0.4) is 0 Å². The third kappa shape index (κ3) is 4.76. The van der Waals surface area contributed by atoms with Crippen molar-refractivity contribution in [1.82, 2.24) is 0 Å². The summed E-state index contributed by atoms with van der Waals surface area (Å²) in [6.07, 6.45) is 4.74. The lowest BCUT2D eigenvalue weighted by atomic mass is 10.1. The number of ketones is 1. The Kier molecular flexibility index (Phi) is 5.43. The SMILES string of the molecule is CS(=O)(=O)Nc1ccc(C(=O)CC2=NC=C[NH2+]2)cc1.[Cl-]. The maximum atomic E-state index is 11.9. The van der Waals surface area contributed by atoms with Crippen molar-refractivity contribution in [2.24, 2.45) is 4.99 Å². The minimum absolute atomic E-state index is 0. The quantitative estimate of drug-likeness (QED) is 0.570. The summed E-state index contributed by atoms with van der Waals surface area (Å²) in [5.41, 5.74) is 0.965. The van der Waals surface area contributed by atoms with Gasteiger partial charge in [-0.2, -0.15) is 0 Å². The maximum Gasteiger partial charge on any atom is 0.229 e. The van der Waals surface area contributed by atoms with Gasteiger partial charge in [0.05, 0.1) is 12.5 Å². The number of carbonyl (C=O) groups is 1. The summed E-state index contributed by atoms with van der Waals surface area (Å²) < 4.78 is 24.4. The second-order valence-electron chi connectivity index (χ2n) is 4.18. The molecule has 0 saturated carbocycles. The summed E-state index contributed by atoms with van der Waals surface area (Å²) in [4.78, 5) is 16.0. The number of aliphatic imine (C=N–C) groups is 1. The molecule has 0 aromatic heterocycles. The van der Waals surface area contributed by atoms with E-state index in [9.17, 15) is 13.2 Å². The van der Waals surface area contributed by atoms with Crippen LogP contribution in [-0.2, 0) is 10.0 Å². The molecule has 1 aliphatic rings. The molecule has 1 aromatic carbocycles. The van der Waals surface area contributed by atoms with Gasteiger partial charge < -0.3 is 12.4 Å². The first-order chi connectivity index (χ1) is 8.94. The number of benzene rings is 1. The van der Waals surface area contributed by atoms with E-state index in [1.165, 1.54) is 0 Å². The largest absolute Gasteiger partial charge is 1.00 e. The Hall–Kier alpha value is -1.70. The topological polar surface area (TPSA) is 92.2 Å². The molecule has 0 saturated heterocycles. The van der Waals surface area contributed by atoms with Crippen LogP contribution in [0, 0.1) is 0 Å². The molecule has 0 radical (unpaired) electrons. The Morgan fingerprint density at radius 3 is 2.45 bits per heavy atom. The zero-order valence-corrected chi connectivity index (χ0v) is 12.3. The number of nitrogens with one attached hydrogen (secondary N) is 1. The van der Waals surface area contributed by atoms with Crippen LogP contribution >= 0.6 is 0 Å². The lowest BCUT2D eigenvalue weighted by molar-refractivity contribution is -0.459. The summed E-state index contributed by atoms with van der Waals surface area (Å²) in [5, 5.41) is 1.79. The van der Waals surface area contributed by atoms with E-state index in [1.54, 1.807) is 42.0 Å². The van der Waals surface area contributed by atoms with Crippen molar-refractivity contribution < 1.29 is 30.9 Å². The molecule has 0 aliphatic carbocycles. The standard InChI is InChI=1S/C12H13N3O3S.ClH/c1-19(17,18)15-10-4-2-9(3-5-10)11(16)8-12-13-6-7-14-12;/h2-7,15H,8H2,1H3,(H,13,14);1H. The van der Waals surface area contributed by atoms with Crippen LogP contribution in [0.1, 0.15) is 16.8 Å². The normalized spacial score (nSPS) is 13.6. The fourth-order valence-electron chi connectivity index (χ4n) is 1.65. The zero-order valence-electron chi connectivity index (χ0n) is 10.7. The number of Topliss-reactive ketones (excluding diaryl/α,β-unsaturated/α-hetero) is 1. The highest BCUT2D eigenvalue weighted by Crippen LogP contribution is 2.12. The molecule has 3 N–H and O–H groups in total. The molecular weight excluding hydrogens is 302 g/mol. The van der Waals surface area contributed by atoms with E-state index in [0.29, 0.717) is 11.3 Å². The molecule has 20 heavy (non-hydrogen) atoms. The number of carbonyl (C=O) groups excluding carboxylic acids is 1. The lowest BCUT2D eigenvalue weighted by Crippen LogP contribution is -3.00. The lowest BCUT2D eigenvalue weighted by Gasteiger charge is -2.04. The monoisotopic (exact) mass is 315 g/mol. The third-order valence-corrected chi connectivity index (χ3v) is 3.07. The predicted molar refractivity (Wildman–Crippen MR) is 72.4 cm³/mol. The molecule has 6 nitrogen and oxygen atoms in total. The number of hydrogen-bond donors (Lipinski definition) is 2. The predicted octanol–water partition coefficient (Wildman–Crippen LogP) is -2.92. The van der Waals surface area contributed by atoms with Crippen LogP contribution in [0.15, 0.2) is 41.7 Å². The maximum absolute atomic E-state index is 11.9. The average Bonchev–Trinajstić information content (AvgIpc) is 2.80. The molecule has 2 rings (SSSR count). The van der Waals surface area contributed by atoms with Gasteiger partial charge in [-0.05, 0) is 24.3 Å². The Balaban J connectivity index is 0.00000200. The van der Waals surface area contributed by atoms with Crippen LogP contribution in [0.4, 0.5) is 5.69 Å². The van der Waals surface area contributed by atoms with Crippen molar-refractivity contribution >= 4 is 27.3 Å². The second kappa shape index (κ2) is 6.65. The van der Waals surface area contributed by atoms with Crippen molar-refractivity contribution in [3.05, 3.63) is 42.2 Å². The zero-order chi connectivity index (χ0) is 13.9. The number of nitrogens with zero attached hydrogens (tertiary/aromatic N) is 1. The number of halogens is 1. The van der Waals surface area contributed by atoms with Crippen LogP contribution in [0.25, 0.3) is 0 Å². The first kappa shape index (κ1) is 16.4. The van der Waals surface area contributed by atoms with Gasteiger partial charge in [0.1, 0.15) is 12.6 Å². The van der Waals surface area contributed by atoms with Crippen molar-refractivity contribution in [3.8, 4) is 0 Å². The van der Waals surface area contributed by atoms with Gasteiger partial charge in [-0.15, -0.1) is 0 Å². The number of amidine groups is 1. The van der Waals surface area contributed by atoms with E-state index in [2.05, 4.69) is 9.71 Å². The minimum atomic E-state index is -3.30. The molecule has 108 valence electrons. The summed E-state index contributed by atoms with van der Waals surface area (Å²) in [6.45, 7) is 0. The van der Waals surface area contributed by atoms with Gasteiger partial charge in [0, 0.05) is 11.3 Å². The highest BCUT2D eigenvalue weighted by Gasteiger charge is 2.14. The fourth-order valence-corrected chi connectivity index (χ4v) is 2.21. The molecular formula is C12H14ClN3O3S. The number of rotatable bonds is 5. The summed E-state index contributed by atoms with van der Waals surface area (Å²) in [7, 11) is -3.30. The Labute approximate surface area is 123 Å². The van der Waals surface area contributed by atoms with Gasteiger partial charge >= 0.3 is 0 Å². The Bertz CT molecular complexity index is 651. The molecule has 0 fully saturated rings. The first-order valence-electron chi connectivity index (χ1n) is 5.62. The second-order valence-corrected chi connectivity index (χ2v) is 5.93. The molecule has 0 spiro atoms. The number of nitrogens with two attached hydrogens (primary N) is 1. The average molecular weight is 316 g/mol. The van der Waals surface area contributed by atoms with Gasteiger partial charge in [-0.3, -0.25) is 14.8 Å². The summed E-state index contributed by atoms with van der Waals surface area (Å²) in [6, 6.07) is 6.32.